The molecule has 0 spiro atoms. The number of carbonyl (C=O) groups is 2. The standard InChI is InChI=1S/C18H23ClN2O2/c19-15-4-2-14(3-5-15)17(22)8-9-18(23)21-11-1-10-20(12-13-21)16-6-7-16/h2-5,16H,1,6-13H2. The summed E-state index contributed by atoms with van der Waals surface area (Å²) in [5.41, 5.74) is 0.623. The van der Waals surface area contributed by atoms with Crippen molar-refractivity contribution < 1.29 is 9.59 Å². The van der Waals surface area contributed by atoms with E-state index < -0.39 is 0 Å². The lowest BCUT2D eigenvalue weighted by atomic mass is 10.1. The summed E-state index contributed by atoms with van der Waals surface area (Å²) < 4.78 is 0. The Balaban J connectivity index is 1.46. The third kappa shape index (κ3) is 4.55. The Hall–Kier alpha value is -1.39. The van der Waals surface area contributed by atoms with Gasteiger partial charge in [0.2, 0.25) is 5.91 Å². The van der Waals surface area contributed by atoms with Crippen LogP contribution in [0.5, 0.6) is 0 Å². The Morgan fingerprint density at radius 3 is 2.43 bits per heavy atom. The van der Waals surface area contributed by atoms with Crippen LogP contribution in [-0.4, -0.2) is 53.7 Å². The lowest BCUT2D eigenvalue weighted by molar-refractivity contribution is -0.131. The summed E-state index contributed by atoms with van der Waals surface area (Å²) in [7, 11) is 0. The number of halogens is 1. The van der Waals surface area contributed by atoms with Gasteiger partial charge in [-0.05, 0) is 43.5 Å². The van der Waals surface area contributed by atoms with E-state index >= 15 is 0 Å². The first kappa shape index (κ1) is 16.5. The van der Waals surface area contributed by atoms with Gasteiger partial charge in [-0.15, -0.1) is 0 Å². The third-order valence-electron chi connectivity index (χ3n) is 4.68. The first-order valence-corrected chi connectivity index (χ1v) is 8.82. The second kappa shape index (κ2) is 7.45. The van der Waals surface area contributed by atoms with Crippen molar-refractivity contribution >= 4 is 23.3 Å². The molecule has 124 valence electrons. The molecule has 23 heavy (non-hydrogen) atoms. The van der Waals surface area contributed by atoms with E-state index in [-0.39, 0.29) is 18.1 Å². The van der Waals surface area contributed by atoms with Crippen molar-refractivity contribution in [2.45, 2.75) is 38.1 Å². The molecule has 1 aromatic carbocycles. The molecule has 0 N–H and O–H groups in total. The monoisotopic (exact) mass is 334 g/mol. The number of rotatable bonds is 5. The van der Waals surface area contributed by atoms with Gasteiger partial charge in [-0.2, -0.15) is 0 Å². The van der Waals surface area contributed by atoms with Crippen molar-refractivity contribution in [2.75, 3.05) is 26.2 Å². The van der Waals surface area contributed by atoms with Crippen molar-refractivity contribution in [1.29, 1.82) is 0 Å². The number of amides is 1. The van der Waals surface area contributed by atoms with Crippen LogP contribution in [0.4, 0.5) is 0 Å². The lowest BCUT2D eigenvalue weighted by Gasteiger charge is -2.21. The predicted octanol–water partition coefficient (Wildman–Crippen LogP) is 3.00. The first-order valence-electron chi connectivity index (χ1n) is 8.44. The molecular formula is C18H23ClN2O2. The summed E-state index contributed by atoms with van der Waals surface area (Å²) >= 11 is 5.82. The van der Waals surface area contributed by atoms with Gasteiger partial charge in [-0.1, -0.05) is 11.6 Å². The fourth-order valence-corrected chi connectivity index (χ4v) is 3.28. The SMILES string of the molecule is O=C(CCC(=O)N1CCCN(C2CC2)CC1)c1ccc(Cl)cc1. The maximum Gasteiger partial charge on any atom is 0.223 e. The fourth-order valence-electron chi connectivity index (χ4n) is 3.15. The Kier molecular flexibility index (Phi) is 5.34. The molecule has 1 saturated heterocycles. The highest BCUT2D eigenvalue weighted by atomic mass is 35.5. The van der Waals surface area contributed by atoms with Gasteiger partial charge < -0.3 is 4.90 Å². The number of hydrogen-bond donors (Lipinski definition) is 0. The van der Waals surface area contributed by atoms with E-state index in [0.29, 0.717) is 17.0 Å². The molecular weight excluding hydrogens is 312 g/mol. The topological polar surface area (TPSA) is 40.6 Å². The zero-order valence-corrected chi connectivity index (χ0v) is 14.1. The minimum atomic E-state index is 0.00412. The summed E-state index contributed by atoms with van der Waals surface area (Å²) in [6.07, 6.45) is 4.22. The smallest absolute Gasteiger partial charge is 0.223 e. The van der Waals surface area contributed by atoms with Gasteiger partial charge in [0.25, 0.3) is 0 Å². The molecule has 0 aromatic heterocycles. The maximum absolute atomic E-state index is 12.4. The second-order valence-electron chi connectivity index (χ2n) is 6.43. The number of ketones is 1. The average Bonchev–Trinajstić information content (AvgIpc) is 3.38. The van der Waals surface area contributed by atoms with Gasteiger partial charge in [0, 0.05) is 55.6 Å². The van der Waals surface area contributed by atoms with Crippen LogP contribution >= 0.6 is 11.6 Å². The molecule has 1 heterocycles. The molecule has 3 rings (SSSR count). The summed E-state index contributed by atoms with van der Waals surface area (Å²) in [5, 5.41) is 0.613. The van der Waals surface area contributed by atoms with Crippen molar-refractivity contribution in [2.24, 2.45) is 0 Å². The summed E-state index contributed by atoms with van der Waals surface area (Å²) in [4.78, 5) is 28.9. The average molecular weight is 335 g/mol. The van der Waals surface area contributed by atoms with Gasteiger partial charge in [0.15, 0.2) is 5.78 Å². The van der Waals surface area contributed by atoms with Crippen LogP contribution in [0, 0.1) is 0 Å². The molecule has 2 fully saturated rings. The quantitative estimate of drug-likeness (QED) is 0.777. The zero-order chi connectivity index (χ0) is 16.2. The summed E-state index contributed by atoms with van der Waals surface area (Å²) in [5.74, 6) is 0.106. The molecule has 5 heteroatoms. The van der Waals surface area contributed by atoms with Gasteiger partial charge >= 0.3 is 0 Å². The maximum atomic E-state index is 12.4. The van der Waals surface area contributed by atoms with E-state index in [1.807, 2.05) is 4.90 Å². The predicted molar refractivity (Wildman–Crippen MR) is 90.8 cm³/mol. The molecule has 0 radical (unpaired) electrons. The highest BCUT2D eigenvalue weighted by molar-refractivity contribution is 6.30. The highest BCUT2D eigenvalue weighted by Gasteiger charge is 2.30. The van der Waals surface area contributed by atoms with Gasteiger partial charge in [-0.3, -0.25) is 14.5 Å². The number of benzene rings is 1. The van der Waals surface area contributed by atoms with Crippen LogP contribution in [-0.2, 0) is 4.79 Å². The summed E-state index contributed by atoms with van der Waals surface area (Å²) in [6.45, 7) is 3.68. The van der Waals surface area contributed by atoms with Crippen molar-refractivity contribution in [3.63, 3.8) is 0 Å². The molecule has 1 saturated carbocycles. The van der Waals surface area contributed by atoms with Crippen molar-refractivity contribution in [3.05, 3.63) is 34.9 Å². The molecule has 0 atom stereocenters. The Morgan fingerprint density at radius 1 is 1.00 bits per heavy atom. The number of nitrogens with zero attached hydrogens (tertiary/aromatic N) is 2. The lowest BCUT2D eigenvalue weighted by Crippen LogP contribution is -2.35. The fraction of sp³-hybridized carbons (Fsp3) is 0.556. The van der Waals surface area contributed by atoms with Crippen LogP contribution in [0.15, 0.2) is 24.3 Å². The van der Waals surface area contributed by atoms with Crippen molar-refractivity contribution in [3.8, 4) is 0 Å². The van der Waals surface area contributed by atoms with Crippen LogP contribution in [0.25, 0.3) is 0 Å². The minimum absolute atomic E-state index is 0.00412. The summed E-state index contributed by atoms with van der Waals surface area (Å²) in [6, 6.07) is 7.61. The van der Waals surface area contributed by atoms with Crippen LogP contribution in [0.1, 0.15) is 42.5 Å². The highest BCUT2D eigenvalue weighted by Crippen LogP contribution is 2.27. The Bertz CT molecular complexity index is 569. The molecule has 0 bridgehead atoms. The third-order valence-corrected chi connectivity index (χ3v) is 4.93. The van der Waals surface area contributed by atoms with E-state index in [1.54, 1.807) is 24.3 Å². The largest absolute Gasteiger partial charge is 0.341 e. The van der Waals surface area contributed by atoms with Crippen molar-refractivity contribution in [1.82, 2.24) is 9.80 Å². The van der Waals surface area contributed by atoms with E-state index in [0.717, 1.165) is 38.6 Å². The van der Waals surface area contributed by atoms with E-state index in [4.69, 9.17) is 11.6 Å². The molecule has 1 aliphatic heterocycles. The normalized spacial score (nSPS) is 19.4. The van der Waals surface area contributed by atoms with E-state index in [2.05, 4.69) is 4.90 Å². The number of Topliss-reactive ketones (excluding diaryl/α,β-unsaturated/α-hetero) is 1. The number of hydrogen-bond acceptors (Lipinski definition) is 3. The molecule has 1 aliphatic carbocycles. The second-order valence-corrected chi connectivity index (χ2v) is 6.87. The van der Waals surface area contributed by atoms with Crippen LogP contribution in [0.3, 0.4) is 0 Å². The molecule has 4 nitrogen and oxygen atoms in total. The van der Waals surface area contributed by atoms with Crippen LogP contribution in [0.2, 0.25) is 5.02 Å². The van der Waals surface area contributed by atoms with Crippen LogP contribution < -0.4 is 0 Å². The Labute approximate surface area is 142 Å². The van der Waals surface area contributed by atoms with E-state index in [1.165, 1.54) is 12.8 Å². The van der Waals surface area contributed by atoms with Gasteiger partial charge in [-0.25, -0.2) is 0 Å². The Morgan fingerprint density at radius 2 is 1.74 bits per heavy atom. The zero-order valence-electron chi connectivity index (χ0n) is 13.3. The molecule has 0 unspecified atom stereocenters. The molecule has 2 aliphatic rings. The first-order chi connectivity index (χ1) is 11.1. The van der Waals surface area contributed by atoms with Gasteiger partial charge in [0.1, 0.15) is 0 Å². The molecule has 1 amide bonds. The van der Waals surface area contributed by atoms with E-state index in [9.17, 15) is 9.59 Å². The molecule has 1 aromatic rings. The minimum Gasteiger partial charge on any atom is -0.341 e. The van der Waals surface area contributed by atoms with Gasteiger partial charge in [0.05, 0.1) is 0 Å². The number of carbonyl (C=O) groups excluding carboxylic acids is 2.